The van der Waals surface area contributed by atoms with Crippen molar-refractivity contribution in [2.24, 2.45) is 0 Å². The highest BCUT2D eigenvalue weighted by atomic mass is 16.4. The molecular formula is C15H20N2O3. The normalized spacial score (nSPS) is 19.1. The van der Waals surface area contributed by atoms with E-state index in [2.05, 4.69) is 10.6 Å². The quantitative estimate of drug-likeness (QED) is 0.763. The number of hydrogen-bond donors (Lipinski definition) is 3. The standard InChI is InChI=1S/C15H20N2O3/c1-11(13(18)19)17-14(20)15(7-9-16-10-8-15)12-5-3-2-4-6-12/h2-6,11,16H,7-10H2,1H3,(H,17,20)(H,18,19)/t11-/m0/s1. The summed E-state index contributed by atoms with van der Waals surface area (Å²) in [5.74, 6) is -1.21. The molecule has 0 unspecified atom stereocenters. The fourth-order valence-corrected chi connectivity index (χ4v) is 2.65. The molecule has 1 atom stereocenters. The number of aliphatic carboxylic acids is 1. The second-order valence-corrected chi connectivity index (χ2v) is 5.23. The minimum Gasteiger partial charge on any atom is -0.480 e. The van der Waals surface area contributed by atoms with E-state index in [1.54, 1.807) is 0 Å². The van der Waals surface area contributed by atoms with Gasteiger partial charge in [0.2, 0.25) is 5.91 Å². The van der Waals surface area contributed by atoms with Gasteiger partial charge in [-0.3, -0.25) is 9.59 Å². The third-order valence-electron chi connectivity index (χ3n) is 3.94. The van der Waals surface area contributed by atoms with Crippen molar-refractivity contribution >= 4 is 11.9 Å². The zero-order chi connectivity index (χ0) is 14.6. The van der Waals surface area contributed by atoms with Crippen molar-refractivity contribution in [1.29, 1.82) is 0 Å². The Labute approximate surface area is 118 Å². The number of nitrogens with one attached hydrogen (secondary N) is 2. The van der Waals surface area contributed by atoms with Crippen LogP contribution in [0.15, 0.2) is 30.3 Å². The van der Waals surface area contributed by atoms with Gasteiger partial charge in [-0.15, -0.1) is 0 Å². The van der Waals surface area contributed by atoms with E-state index < -0.39 is 17.4 Å². The van der Waals surface area contributed by atoms with Gasteiger partial charge in [0, 0.05) is 0 Å². The number of benzene rings is 1. The molecule has 0 radical (unpaired) electrons. The number of carbonyl (C=O) groups excluding carboxylic acids is 1. The van der Waals surface area contributed by atoms with Gasteiger partial charge < -0.3 is 15.7 Å². The van der Waals surface area contributed by atoms with Crippen LogP contribution in [0.4, 0.5) is 0 Å². The van der Waals surface area contributed by atoms with E-state index in [1.165, 1.54) is 6.92 Å². The number of rotatable bonds is 4. The average Bonchev–Trinajstić information content (AvgIpc) is 2.48. The molecule has 5 nitrogen and oxygen atoms in total. The van der Waals surface area contributed by atoms with Crippen molar-refractivity contribution in [1.82, 2.24) is 10.6 Å². The van der Waals surface area contributed by atoms with Crippen molar-refractivity contribution in [2.75, 3.05) is 13.1 Å². The number of carbonyl (C=O) groups is 2. The minimum absolute atomic E-state index is 0.194. The molecule has 1 aliphatic rings. The third kappa shape index (κ3) is 2.82. The van der Waals surface area contributed by atoms with Gasteiger partial charge in [-0.2, -0.15) is 0 Å². The number of amides is 1. The number of carboxylic acids is 1. The van der Waals surface area contributed by atoms with Gasteiger partial charge in [-0.25, -0.2) is 0 Å². The molecule has 1 heterocycles. The number of hydrogen-bond acceptors (Lipinski definition) is 3. The highest BCUT2D eigenvalue weighted by Gasteiger charge is 2.41. The summed E-state index contributed by atoms with van der Waals surface area (Å²) >= 11 is 0. The number of carboxylic acid groups (broad SMARTS) is 1. The van der Waals surface area contributed by atoms with E-state index in [1.807, 2.05) is 30.3 Å². The molecule has 1 aromatic rings. The molecule has 0 saturated carbocycles. The van der Waals surface area contributed by atoms with E-state index >= 15 is 0 Å². The van der Waals surface area contributed by atoms with Crippen molar-refractivity contribution < 1.29 is 14.7 Å². The molecule has 3 N–H and O–H groups in total. The lowest BCUT2D eigenvalue weighted by Gasteiger charge is -2.37. The van der Waals surface area contributed by atoms with Gasteiger partial charge in [-0.05, 0) is 38.4 Å². The molecule has 0 aliphatic carbocycles. The van der Waals surface area contributed by atoms with Crippen LogP contribution in [-0.4, -0.2) is 36.1 Å². The lowest BCUT2D eigenvalue weighted by Crippen LogP contribution is -2.53. The Bertz CT molecular complexity index is 481. The van der Waals surface area contributed by atoms with Gasteiger partial charge in [-0.1, -0.05) is 30.3 Å². The van der Waals surface area contributed by atoms with E-state index in [-0.39, 0.29) is 5.91 Å². The predicted molar refractivity (Wildman–Crippen MR) is 75.5 cm³/mol. The van der Waals surface area contributed by atoms with Crippen LogP contribution in [0.1, 0.15) is 25.3 Å². The maximum atomic E-state index is 12.6. The monoisotopic (exact) mass is 276 g/mol. The molecule has 1 amide bonds. The lowest BCUT2D eigenvalue weighted by molar-refractivity contribution is -0.142. The first-order valence-corrected chi connectivity index (χ1v) is 6.86. The van der Waals surface area contributed by atoms with Crippen LogP contribution >= 0.6 is 0 Å². The summed E-state index contributed by atoms with van der Waals surface area (Å²) in [4.78, 5) is 23.6. The van der Waals surface area contributed by atoms with Gasteiger partial charge >= 0.3 is 5.97 Å². The van der Waals surface area contributed by atoms with Crippen LogP contribution < -0.4 is 10.6 Å². The van der Waals surface area contributed by atoms with E-state index in [9.17, 15) is 9.59 Å². The van der Waals surface area contributed by atoms with Crippen LogP contribution in [0, 0.1) is 0 Å². The lowest BCUT2D eigenvalue weighted by atomic mass is 9.72. The first-order chi connectivity index (χ1) is 9.56. The molecule has 1 aromatic carbocycles. The fraction of sp³-hybridized carbons (Fsp3) is 0.467. The molecule has 2 rings (SSSR count). The van der Waals surface area contributed by atoms with Gasteiger partial charge in [0.15, 0.2) is 0 Å². The summed E-state index contributed by atoms with van der Waals surface area (Å²) in [5.41, 5.74) is 0.326. The smallest absolute Gasteiger partial charge is 0.325 e. The molecule has 5 heteroatoms. The Kier molecular flexibility index (Phi) is 4.39. The van der Waals surface area contributed by atoms with Gasteiger partial charge in [0.1, 0.15) is 6.04 Å². The number of piperidine rings is 1. The Morgan fingerprint density at radius 3 is 2.40 bits per heavy atom. The summed E-state index contributed by atoms with van der Waals surface area (Å²) < 4.78 is 0. The van der Waals surface area contributed by atoms with Crippen LogP contribution in [-0.2, 0) is 15.0 Å². The molecule has 1 saturated heterocycles. The predicted octanol–water partition coefficient (Wildman–Crippen LogP) is 0.897. The SMILES string of the molecule is C[C@H](NC(=O)C1(c2ccccc2)CCNCC1)C(=O)O. The molecule has 0 bridgehead atoms. The zero-order valence-electron chi connectivity index (χ0n) is 11.6. The summed E-state index contributed by atoms with van der Waals surface area (Å²) in [6.45, 7) is 2.99. The molecule has 1 fully saturated rings. The van der Waals surface area contributed by atoms with Crippen LogP contribution in [0.2, 0.25) is 0 Å². The molecular weight excluding hydrogens is 256 g/mol. The van der Waals surface area contributed by atoms with Gasteiger partial charge in [0.05, 0.1) is 5.41 Å². The van der Waals surface area contributed by atoms with Crippen molar-refractivity contribution in [3.63, 3.8) is 0 Å². The summed E-state index contributed by atoms with van der Waals surface area (Å²) in [5, 5.41) is 14.8. The Hall–Kier alpha value is -1.88. The van der Waals surface area contributed by atoms with Crippen molar-refractivity contribution in [3.05, 3.63) is 35.9 Å². The minimum atomic E-state index is -1.02. The van der Waals surface area contributed by atoms with E-state index in [0.717, 1.165) is 18.7 Å². The molecule has 0 aromatic heterocycles. The first-order valence-electron chi connectivity index (χ1n) is 6.86. The average molecular weight is 276 g/mol. The van der Waals surface area contributed by atoms with Gasteiger partial charge in [0.25, 0.3) is 0 Å². The highest BCUT2D eigenvalue weighted by molar-refractivity contribution is 5.91. The fourth-order valence-electron chi connectivity index (χ4n) is 2.65. The van der Waals surface area contributed by atoms with Crippen LogP contribution in [0.5, 0.6) is 0 Å². The van der Waals surface area contributed by atoms with Crippen LogP contribution in [0.25, 0.3) is 0 Å². The first kappa shape index (κ1) is 14.5. The molecule has 108 valence electrons. The topological polar surface area (TPSA) is 78.4 Å². The molecule has 0 spiro atoms. The van der Waals surface area contributed by atoms with E-state index in [0.29, 0.717) is 12.8 Å². The summed E-state index contributed by atoms with van der Waals surface area (Å²) in [6.07, 6.45) is 1.35. The Morgan fingerprint density at radius 1 is 1.25 bits per heavy atom. The second-order valence-electron chi connectivity index (χ2n) is 5.23. The molecule has 20 heavy (non-hydrogen) atoms. The third-order valence-corrected chi connectivity index (χ3v) is 3.94. The zero-order valence-corrected chi connectivity index (χ0v) is 11.6. The molecule has 1 aliphatic heterocycles. The van der Waals surface area contributed by atoms with Crippen molar-refractivity contribution in [2.45, 2.75) is 31.2 Å². The second kappa shape index (κ2) is 6.05. The highest BCUT2D eigenvalue weighted by Crippen LogP contribution is 2.33. The summed E-state index contributed by atoms with van der Waals surface area (Å²) in [7, 11) is 0. The van der Waals surface area contributed by atoms with Crippen molar-refractivity contribution in [3.8, 4) is 0 Å². The maximum absolute atomic E-state index is 12.6. The Morgan fingerprint density at radius 2 is 1.85 bits per heavy atom. The Balaban J connectivity index is 2.28. The summed E-state index contributed by atoms with van der Waals surface area (Å²) in [6, 6.07) is 8.74. The van der Waals surface area contributed by atoms with Crippen LogP contribution in [0.3, 0.4) is 0 Å². The van der Waals surface area contributed by atoms with E-state index in [4.69, 9.17) is 5.11 Å². The largest absolute Gasteiger partial charge is 0.480 e. The maximum Gasteiger partial charge on any atom is 0.325 e.